The van der Waals surface area contributed by atoms with Crippen LogP contribution in [0.1, 0.15) is 49.1 Å². The lowest BCUT2D eigenvalue weighted by Gasteiger charge is -2.06. The van der Waals surface area contributed by atoms with Crippen molar-refractivity contribution < 1.29 is 0 Å². The van der Waals surface area contributed by atoms with Crippen molar-refractivity contribution in [1.29, 1.82) is 0 Å². The van der Waals surface area contributed by atoms with Crippen molar-refractivity contribution in [3.8, 4) is 10.4 Å². The molecule has 1 aliphatic rings. The molecule has 1 saturated carbocycles. The summed E-state index contributed by atoms with van der Waals surface area (Å²) in [4.78, 5) is 2.69. The van der Waals surface area contributed by atoms with Gasteiger partial charge < -0.3 is 5.73 Å². The molecule has 3 rings (SSSR count). The minimum Gasteiger partial charge on any atom is -0.323 e. The molecule has 1 nitrogen and oxygen atoms in total. The molecule has 1 aromatic heterocycles. The normalized spacial score (nSPS) is 16.3. The minimum atomic E-state index is 0.262. The predicted molar refractivity (Wildman–Crippen MR) is 88.0 cm³/mol. The molecule has 2 N–H and O–H groups in total. The van der Waals surface area contributed by atoms with E-state index in [1.54, 1.807) is 0 Å². The number of unbranched alkanes of at least 4 members (excludes halogenated alkanes) is 1. The first-order valence-corrected chi connectivity index (χ1v) is 8.54. The van der Waals surface area contributed by atoms with Gasteiger partial charge in [-0.2, -0.15) is 0 Å². The third-order valence-electron chi connectivity index (χ3n) is 4.14. The molecule has 2 aromatic rings. The summed E-state index contributed by atoms with van der Waals surface area (Å²) in [5.41, 5.74) is 9.05. The first-order valence-electron chi connectivity index (χ1n) is 7.72. The summed E-state index contributed by atoms with van der Waals surface area (Å²) in [7, 11) is 0. The van der Waals surface area contributed by atoms with E-state index in [1.165, 1.54) is 53.0 Å². The van der Waals surface area contributed by atoms with Crippen molar-refractivity contribution in [1.82, 2.24) is 0 Å². The van der Waals surface area contributed by atoms with E-state index in [2.05, 4.69) is 43.3 Å². The Hall–Kier alpha value is -1.12. The number of aryl methyl sites for hydroxylation is 1. The lowest BCUT2D eigenvalue weighted by atomic mass is 10.1. The molecule has 0 aliphatic heterocycles. The standard InChI is InChI=1S/C18H23NS/c1-2-3-4-13-5-7-14(8-6-13)16-11-12-17(20-16)18(19)15-9-10-15/h5-8,11-12,15,18H,2-4,9-10,19H2,1H3. The first-order chi connectivity index (χ1) is 9.78. The van der Waals surface area contributed by atoms with Crippen LogP contribution in [0.2, 0.25) is 0 Å². The molecule has 0 spiro atoms. The Kier molecular flexibility index (Phi) is 4.23. The van der Waals surface area contributed by atoms with E-state index in [1.807, 2.05) is 11.3 Å². The average Bonchev–Trinajstić information content (AvgIpc) is 3.22. The van der Waals surface area contributed by atoms with Crippen molar-refractivity contribution >= 4 is 11.3 Å². The average molecular weight is 285 g/mol. The van der Waals surface area contributed by atoms with Crippen LogP contribution >= 0.6 is 11.3 Å². The van der Waals surface area contributed by atoms with Crippen molar-refractivity contribution in [2.75, 3.05) is 0 Å². The molecule has 0 radical (unpaired) electrons. The number of hydrogen-bond acceptors (Lipinski definition) is 2. The fraction of sp³-hybridized carbons (Fsp3) is 0.444. The second-order valence-electron chi connectivity index (χ2n) is 5.87. The number of nitrogens with two attached hydrogens (primary N) is 1. The van der Waals surface area contributed by atoms with Gasteiger partial charge in [-0.05, 0) is 54.9 Å². The van der Waals surface area contributed by atoms with Crippen LogP contribution in [0.25, 0.3) is 10.4 Å². The monoisotopic (exact) mass is 285 g/mol. The zero-order valence-electron chi connectivity index (χ0n) is 12.1. The van der Waals surface area contributed by atoms with E-state index >= 15 is 0 Å². The minimum absolute atomic E-state index is 0.262. The molecule has 1 aromatic carbocycles. The number of rotatable bonds is 6. The summed E-state index contributed by atoms with van der Waals surface area (Å²) < 4.78 is 0. The quantitative estimate of drug-likeness (QED) is 0.778. The molecule has 20 heavy (non-hydrogen) atoms. The van der Waals surface area contributed by atoms with E-state index in [-0.39, 0.29) is 6.04 Å². The fourth-order valence-corrected chi connectivity index (χ4v) is 3.70. The summed E-state index contributed by atoms with van der Waals surface area (Å²) >= 11 is 1.86. The largest absolute Gasteiger partial charge is 0.323 e. The summed E-state index contributed by atoms with van der Waals surface area (Å²) in [6.45, 7) is 2.24. The van der Waals surface area contributed by atoms with E-state index in [9.17, 15) is 0 Å². The third kappa shape index (κ3) is 3.13. The zero-order valence-corrected chi connectivity index (χ0v) is 13.0. The first kappa shape index (κ1) is 13.8. The molecule has 1 heterocycles. The van der Waals surface area contributed by atoms with Crippen molar-refractivity contribution in [2.24, 2.45) is 11.7 Å². The Morgan fingerprint density at radius 3 is 2.55 bits per heavy atom. The van der Waals surface area contributed by atoms with Crippen LogP contribution in [0.5, 0.6) is 0 Å². The SMILES string of the molecule is CCCCc1ccc(-c2ccc(C(N)C3CC3)s2)cc1. The Labute approximate surface area is 125 Å². The van der Waals surface area contributed by atoms with Crippen LogP contribution in [0, 0.1) is 5.92 Å². The lowest BCUT2D eigenvalue weighted by Crippen LogP contribution is -2.10. The fourth-order valence-electron chi connectivity index (χ4n) is 2.59. The molecule has 106 valence electrons. The molecule has 0 saturated heterocycles. The Balaban J connectivity index is 1.72. The molecule has 2 heteroatoms. The van der Waals surface area contributed by atoms with Gasteiger partial charge in [0.05, 0.1) is 0 Å². The zero-order chi connectivity index (χ0) is 13.9. The highest BCUT2D eigenvalue weighted by molar-refractivity contribution is 7.15. The smallest absolute Gasteiger partial charge is 0.0418 e. The van der Waals surface area contributed by atoms with Gasteiger partial charge in [0, 0.05) is 15.8 Å². The highest BCUT2D eigenvalue weighted by Crippen LogP contribution is 2.42. The van der Waals surface area contributed by atoms with Gasteiger partial charge in [0.25, 0.3) is 0 Å². The Morgan fingerprint density at radius 1 is 1.15 bits per heavy atom. The molecule has 1 fully saturated rings. The van der Waals surface area contributed by atoms with Crippen molar-refractivity contribution in [3.63, 3.8) is 0 Å². The predicted octanol–water partition coefficient (Wildman–Crippen LogP) is 5.17. The van der Waals surface area contributed by atoms with Gasteiger partial charge in [0.1, 0.15) is 0 Å². The molecule has 1 unspecified atom stereocenters. The Morgan fingerprint density at radius 2 is 1.90 bits per heavy atom. The maximum absolute atomic E-state index is 6.28. The van der Waals surface area contributed by atoms with E-state index in [0.29, 0.717) is 0 Å². The van der Waals surface area contributed by atoms with Gasteiger partial charge in [-0.15, -0.1) is 11.3 Å². The van der Waals surface area contributed by atoms with Crippen molar-refractivity contribution in [3.05, 3.63) is 46.8 Å². The highest BCUT2D eigenvalue weighted by Gasteiger charge is 2.30. The summed E-state index contributed by atoms with van der Waals surface area (Å²) in [5, 5.41) is 0. The summed E-state index contributed by atoms with van der Waals surface area (Å²) in [6, 6.07) is 13.7. The van der Waals surface area contributed by atoms with Crippen LogP contribution in [0.3, 0.4) is 0 Å². The molecule has 0 bridgehead atoms. The lowest BCUT2D eigenvalue weighted by molar-refractivity contribution is 0.645. The van der Waals surface area contributed by atoms with E-state index < -0.39 is 0 Å². The van der Waals surface area contributed by atoms with E-state index in [0.717, 1.165) is 5.92 Å². The second-order valence-corrected chi connectivity index (χ2v) is 6.98. The highest BCUT2D eigenvalue weighted by atomic mass is 32.1. The van der Waals surface area contributed by atoms with Gasteiger partial charge in [0.15, 0.2) is 0 Å². The molecule has 0 amide bonds. The van der Waals surface area contributed by atoms with Crippen molar-refractivity contribution in [2.45, 2.75) is 45.1 Å². The third-order valence-corrected chi connectivity index (χ3v) is 5.38. The maximum Gasteiger partial charge on any atom is 0.0418 e. The number of thiophene rings is 1. The molecule has 1 atom stereocenters. The van der Waals surface area contributed by atoms with Crippen LogP contribution in [0.15, 0.2) is 36.4 Å². The van der Waals surface area contributed by atoms with Crippen LogP contribution < -0.4 is 5.73 Å². The topological polar surface area (TPSA) is 26.0 Å². The van der Waals surface area contributed by atoms with Crippen LogP contribution in [0.4, 0.5) is 0 Å². The van der Waals surface area contributed by atoms with Gasteiger partial charge in [-0.1, -0.05) is 37.6 Å². The second kappa shape index (κ2) is 6.11. The van der Waals surface area contributed by atoms with Gasteiger partial charge >= 0.3 is 0 Å². The van der Waals surface area contributed by atoms with Gasteiger partial charge in [0.2, 0.25) is 0 Å². The molecule has 1 aliphatic carbocycles. The molecular weight excluding hydrogens is 262 g/mol. The number of hydrogen-bond donors (Lipinski definition) is 1. The van der Waals surface area contributed by atoms with Crippen LogP contribution in [-0.2, 0) is 6.42 Å². The van der Waals surface area contributed by atoms with Gasteiger partial charge in [-0.25, -0.2) is 0 Å². The van der Waals surface area contributed by atoms with Crippen LogP contribution in [-0.4, -0.2) is 0 Å². The number of benzene rings is 1. The summed E-state index contributed by atoms with van der Waals surface area (Å²) in [6.07, 6.45) is 6.34. The molecular formula is C18H23NS. The van der Waals surface area contributed by atoms with Gasteiger partial charge in [-0.3, -0.25) is 0 Å². The maximum atomic E-state index is 6.28. The Bertz CT molecular complexity index is 551. The van der Waals surface area contributed by atoms with E-state index in [4.69, 9.17) is 5.73 Å². The summed E-state index contributed by atoms with van der Waals surface area (Å²) in [5.74, 6) is 0.734.